The van der Waals surface area contributed by atoms with Crippen LogP contribution in [0.1, 0.15) is 59.2 Å². The third-order valence-corrected chi connectivity index (χ3v) is 9.91. The van der Waals surface area contributed by atoms with Crippen LogP contribution in [0, 0.1) is 0 Å². The van der Waals surface area contributed by atoms with Gasteiger partial charge in [-0.05, 0) is 62.1 Å². The first-order valence-electron chi connectivity index (χ1n) is 20.7. The predicted molar refractivity (Wildman–Crippen MR) is 233 cm³/mol. The number of carboxylic acids is 1. The van der Waals surface area contributed by atoms with Crippen LogP contribution in [0.3, 0.4) is 0 Å². The van der Waals surface area contributed by atoms with E-state index >= 15 is 0 Å². The van der Waals surface area contributed by atoms with Crippen LogP contribution in [-0.2, 0) is 35.2 Å². The van der Waals surface area contributed by atoms with E-state index in [0.29, 0.717) is 19.3 Å². The monoisotopic (exact) mass is 954 g/mol. The number of fused-ring (bicyclic) bond motifs is 1. The first kappa shape index (κ1) is 52.5. The topological polar surface area (TPSA) is 296 Å². The van der Waals surface area contributed by atoms with Crippen molar-refractivity contribution in [3.8, 4) is 28.7 Å². The van der Waals surface area contributed by atoms with Crippen LogP contribution in [0.5, 0.6) is 28.7 Å². The third-order valence-electron chi connectivity index (χ3n) is 9.91. The number of methoxy groups -OCH3 is 3. The van der Waals surface area contributed by atoms with Crippen molar-refractivity contribution < 1.29 is 86.4 Å². The summed E-state index contributed by atoms with van der Waals surface area (Å²) < 4.78 is 34.8. The molecule has 0 saturated heterocycles. The zero-order valence-electron chi connectivity index (χ0n) is 37.7. The second-order valence-electron chi connectivity index (χ2n) is 14.4. The summed E-state index contributed by atoms with van der Waals surface area (Å²) in [4.78, 5) is 128. The van der Waals surface area contributed by atoms with Gasteiger partial charge in [0.05, 0.1) is 45.0 Å². The van der Waals surface area contributed by atoms with Gasteiger partial charge in [-0.25, -0.2) is 23.7 Å². The number of para-hydroxylation sites is 3. The lowest BCUT2D eigenvalue weighted by molar-refractivity contribution is -0.179. The van der Waals surface area contributed by atoms with Gasteiger partial charge in [0, 0.05) is 46.2 Å². The summed E-state index contributed by atoms with van der Waals surface area (Å²) in [6.07, 6.45) is -2.26. The molecule has 4 aromatic rings. The van der Waals surface area contributed by atoms with E-state index in [2.05, 4.69) is 14.2 Å². The molecule has 366 valence electrons. The number of hydrogen-bond donors (Lipinski definition) is 2. The van der Waals surface area contributed by atoms with E-state index in [-0.39, 0.29) is 97.1 Å². The number of aromatic nitrogens is 1. The Bertz CT molecular complexity index is 2590. The second-order valence-corrected chi connectivity index (χ2v) is 14.4. The number of carboxylic acid groups (broad SMARTS) is 1. The molecular weight excluding hydrogens is 904 g/mol. The summed E-state index contributed by atoms with van der Waals surface area (Å²) in [6, 6.07) is 12.2. The van der Waals surface area contributed by atoms with Crippen molar-refractivity contribution in [1.29, 1.82) is 0 Å². The van der Waals surface area contributed by atoms with Crippen molar-refractivity contribution in [2.24, 2.45) is 0 Å². The maximum absolute atomic E-state index is 14.3. The molecule has 24 heteroatoms. The van der Waals surface area contributed by atoms with Crippen LogP contribution < -0.4 is 30.4 Å². The molecule has 3 aromatic carbocycles. The zero-order valence-corrected chi connectivity index (χ0v) is 37.7. The van der Waals surface area contributed by atoms with Gasteiger partial charge in [0.2, 0.25) is 11.7 Å². The second kappa shape index (κ2) is 25.5. The van der Waals surface area contributed by atoms with Gasteiger partial charge in [0.25, 0.3) is 17.4 Å². The number of rotatable bonds is 23. The Morgan fingerprint density at radius 2 is 1.24 bits per heavy atom. The fourth-order valence-corrected chi connectivity index (χ4v) is 6.62. The number of unbranched alkanes of at least 4 members (excludes halogenated alkanes) is 2. The smallest absolute Gasteiger partial charge is 0.504 e. The van der Waals surface area contributed by atoms with Gasteiger partial charge in [0.15, 0.2) is 28.6 Å². The number of aliphatic carboxylic acids is 1. The van der Waals surface area contributed by atoms with Crippen LogP contribution in [-0.4, -0.2) is 140 Å². The summed E-state index contributed by atoms with van der Waals surface area (Å²) in [5.74, 6) is -5.79. The number of carbonyl (C=O) groups is 7. The molecule has 2 N–H and O–H groups in total. The van der Waals surface area contributed by atoms with Crippen LogP contribution in [0.25, 0.3) is 11.0 Å². The summed E-state index contributed by atoms with van der Waals surface area (Å²) in [7, 11) is 5.87. The highest BCUT2D eigenvalue weighted by atomic mass is 17.2. The molecule has 0 aliphatic carbocycles. The lowest BCUT2D eigenvalue weighted by Gasteiger charge is -2.26. The molecule has 3 amide bonds. The molecule has 0 bridgehead atoms. The number of ether oxygens (including phenoxy) is 6. The van der Waals surface area contributed by atoms with Crippen molar-refractivity contribution in [3.63, 3.8) is 0 Å². The number of phenolic OH excluding ortho intramolecular Hbond substituents is 1. The molecule has 0 aliphatic heterocycles. The van der Waals surface area contributed by atoms with Gasteiger partial charge in [-0.1, -0.05) is 24.6 Å². The Hall–Kier alpha value is -8.15. The molecule has 24 nitrogen and oxygen atoms in total. The van der Waals surface area contributed by atoms with E-state index in [1.807, 2.05) is 0 Å². The average Bonchev–Trinajstić information content (AvgIpc) is 3.32. The Labute approximate surface area is 386 Å². The molecule has 0 radical (unpaired) electrons. The minimum absolute atomic E-state index is 0.0267. The lowest BCUT2D eigenvalue weighted by Crippen LogP contribution is -2.40. The minimum atomic E-state index is -1.29. The molecule has 0 atom stereocenters. The number of amides is 3. The van der Waals surface area contributed by atoms with Crippen LogP contribution in [0.4, 0.5) is 14.4 Å². The normalized spacial score (nSPS) is 10.7. The fourth-order valence-electron chi connectivity index (χ4n) is 6.62. The largest absolute Gasteiger partial charge is 0.513 e. The molecular formula is C44H50N4O20. The third kappa shape index (κ3) is 14.2. The van der Waals surface area contributed by atoms with Crippen molar-refractivity contribution in [3.05, 3.63) is 86.6 Å². The van der Waals surface area contributed by atoms with Crippen LogP contribution in [0.15, 0.2) is 68.6 Å². The molecule has 1 heterocycles. The highest BCUT2D eigenvalue weighted by Gasteiger charge is 2.27. The first-order valence-corrected chi connectivity index (χ1v) is 20.7. The number of hydrogen-bond acceptors (Lipinski definition) is 19. The van der Waals surface area contributed by atoms with E-state index in [1.165, 1.54) is 78.6 Å². The molecule has 0 fully saturated rings. The van der Waals surface area contributed by atoms with E-state index in [0.717, 1.165) is 30.8 Å². The molecule has 0 spiro atoms. The van der Waals surface area contributed by atoms with Crippen molar-refractivity contribution in [2.75, 3.05) is 68.2 Å². The minimum Gasteiger partial charge on any atom is -0.504 e. The maximum atomic E-state index is 14.3. The van der Waals surface area contributed by atoms with Crippen LogP contribution >= 0.6 is 0 Å². The number of carbonyl (C=O) groups excluding carboxylic acids is 6. The Balaban J connectivity index is 1.47. The van der Waals surface area contributed by atoms with E-state index in [1.54, 1.807) is 0 Å². The van der Waals surface area contributed by atoms with Gasteiger partial charge in [-0.15, -0.1) is 0 Å². The Morgan fingerprint density at radius 1 is 0.647 bits per heavy atom. The van der Waals surface area contributed by atoms with Gasteiger partial charge in [0.1, 0.15) is 6.54 Å². The van der Waals surface area contributed by atoms with E-state index in [9.17, 15) is 53.4 Å². The molecule has 1 aromatic heterocycles. The maximum Gasteiger partial charge on any atom is 0.513 e. The summed E-state index contributed by atoms with van der Waals surface area (Å²) in [5.41, 5.74) is -1.41. The standard InChI is InChI=1S/C44H50N4O20/c1-45(38(53)27-14-9-17-30(35(27)52)64-42(57)60-2)21-8-6-7-20-33(49)47(26-34(50)51)24-12-22-46(39(54)28-15-11-19-32(68-63-5)37(28)67-44(59)62-4)23-13-25-48-40(55)29-16-10-18-31(65-43(58)61-3)36(29)66-41(48)56/h9-11,14-19,52H,6-8,12-13,20-26H2,1-5H3,(H,50,51). The Morgan fingerprint density at radius 3 is 1.90 bits per heavy atom. The lowest BCUT2D eigenvalue weighted by atomic mass is 10.1. The average molecular weight is 955 g/mol. The van der Waals surface area contributed by atoms with Crippen molar-refractivity contribution >= 4 is 53.1 Å². The number of nitrogens with zero attached hydrogens (tertiary/aromatic N) is 4. The summed E-state index contributed by atoms with van der Waals surface area (Å²) >= 11 is 0. The highest BCUT2D eigenvalue weighted by molar-refractivity contribution is 5.99. The van der Waals surface area contributed by atoms with Gasteiger partial charge in [-0.3, -0.25) is 24.0 Å². The first-order chi connectivity index (χ1) is 32.5. The molecule has 68 heavy (non-hydrogen) atoms. The zero-order chi connectivity index (χ0) is 49.9. The molecule has 4 rings (SSSR count). The summed E-state index contributed by atoms with van der Waals surface area (Å²) in [5, 5.41) is 20.1. The SMILES string of the molecule is COOc1cccc(C(=O)N(CCCN(CC(=O)O)C(=O)CCCCCN(C)C(=O)c2cccc(OC(=O)OC)c2O)CCCn2c(=O)oc3c(OC(=O)OC)cccc3c2=O)c1OC(=O)OC. The summed E-state index contributed by atoms with van der Waals surface area (Å²) in [6.45, 7) is -1.13. The molecule has 0 unspecified atom stereocenters. The predicted octanol–water partition coefficient (Wildman–Crippen LogP) is 4.20. The van der Waals surface area contributed by atoms with Gasteiger partial charge < -0.3 is 62.6 Å². The van der Waals surface area contributed by atoms with Crippen molar-refractivity contribution in [1.82, 2.24) is 19.3 Å². The van der Waals surface area contributed by atoms with E-state index < -0.39 is 65.8 Å². The quantitative estimate of drug-likeness (QED) is 0.0263. The molecule has 0 saturated carbocycles. The highest BCUT2D eigenvalue weighted by Crippen LogP contribution is 2.34. The number of benzene rings is 3. The number of aromatic hydroxyl groups is 1. The Kier molecular flexibility index (Phi) is 19.7. The van der Waals surface area contributed by atoms with Gasteiger partial charge in [-0.2, -0.15) is 4.89 Å². The van der Waals surface area contributed by atoms with Gasteiger partial charge >= 0.3 is 30.2 Å². The molecule has 0 aliphatic rings. The van der Waals surface area contributed by atoms with Crippen LogP contribution in [0.2, 0.25) is 0 Å². The number of phenols is 1. The fraction of sp³-hybridized carbons (Fsp3) is 0.386. The van der Waals surface area contributed by atoms with Crippen molar-refractivity contribution in [2.45, 2.75) is 45.1 Å². The van der Waals surface area contributed by atoms with E-state index in [4.69, 9.17) is 28.4 Å².